The first kappa shape index (κ1) is 15.5. The van der Waals surface area contributed by atoms with Gasteiger partial charge in [0, 0.05) is 26.3 Å². The van der Waals surface area contributed by atoms with Crippen LogP contribution in [-0.4, -0.2) is 29.6 Å². The van der Waals surface area contributed by atoms with Crippen molar-refractivity contribution >= 4 is 15.8 Å². The van der Waals surface area contributed by atoms with E-state index >= 15 is 0 Å². The SMILES string of the molecule is CC(c1ccc(F)cc1)N(C)S(=O)(=O)c1cn(C)nc1N. The van der Waals surface area contributed by atoms with Crippen molar-refractivity contribution in [3.8, 4) is 0 Å². The molecule has 1 atom stereocenters. The van der Waals surface area contributed by atoms with E-state index in [9.17, 15) is 12.8 Å². The lowest BCUT2D eigenvalue weighted by atomic mass is 10.1. The largest absolute Gasteiger partial charge is 0.381 e. The molecular formula is C13H17FN4O2S. The lowest BCUT2D eigenvalue weighted by molar-refractivity contribution is 0.398. The molecule has 1 unspecified atom stereocenters. The standard InChI is InChI=1S/C13H17FN4O2S/c1-9(10-4-6-11(14)7-5-10)18(3)21(19,20)12-8-17(2)16-13(12)15/h4-9H,1-3H3,(H2,15,16). The minimum Gasteiger partial charge on any atom is -0.381 e. The minimum atomic E-state index is -3.78. The Morgan fingerprint density at radius 3 is 2.38 bits per heavy atom. The maximum atomic E-state index is 12.9. The number of nitrogens with zero attached hydrogens (tertiary/aromatic N) is 3. The van der Waals surface area contributed by atoms with Crippen LogP contribution in [0.1, 0.15) is 18.5 Å². The molecule has 0 saturated carbocycles. The van der Waals surface area contributed by atoms with Crippen molar-refractivity contribution < 1.29 is 12.8 Å². The molecule has 0 aliphatic carbocycles. The zero-order valence-corrected chi connectivity index (χ0v) is 12.8. The van der Waals surface area contributed by atoms with Gasteiger partial charge in [-0.25, -0.2) is 12.8 Å². The third kappa shape index (κ3) is 2.91. The molecule has 8 heteroatoms. The summed E-state index contributed by atoms with van der Waals surface area (Å²) in [5.74, 6) is -0.413. The number of sulfonamides is 1. The van der Waals surface area contributed by atoms with E-state index < -0.39 is 16.1 Å². The summed E-state index contributed by atoms with van der Waals surface area (Å²) < 4.78 is 40.6. The van der Waals surface area contributed by atoms with Crippen molar-refractivity contribution in [1.29, 1.82) is 0 Å². The van der Waals surface area contributed by atoms with Crippen molar-refractivity contribution in [3.63, 3.8) is 0 Å². The second-order valence-corrected chi connectivity index (χ2v) is 6.77. The quantitative estimate of drug-likeness (QED) is 0.928. The molecule has 0 amide bonds. The average molecular weight is 312 g/mol. The van der Waals surface area contributed by atoms with Crippen molar-refractivity contribution in [1.82, 2.24) is 14.1 Å². The number of hydrogen-bond acceptors (Lipinski definition) is 4. The van der Waals surface area contributed by atoms with Gasteiger partial charge in [-0.3, -0.25) is 4.68 Å². The second kappa shape index (κ2) is 5.45. The van der Waals surface area contributed by atoms with E-state index in [0.29, 0.717) is 5.56 Å². The highest BCUT2D eigenvalue weighted by Crippen LogP contribution is 2.27. The lowest BCUT2D eigenvalue weighted by Gasteiger charge is -2.24. The van der Waals surface area contributed by atoms with E-state index in [1.807, 2.05) is 0 Å². The fourth-order valence-corrected chi connectivity index (χ4v) is 3.44. The molecule has 0 aliphatic heterocycles. The molecule has 2 aromatic rings. The van der Waals surface area contributed by atoms with Crippen LogP contribution in [-0.2, 0) is 17.1 Å². The highest BCUT2D eigenvalue weighted by molar-refractivity contribution is 7.89. The molecule has 0 radical (unpaired) electrons. The summed E-state index contributed by atoms with van der Waals surface area (Å²) in [4.78, 5) is -0.0403. The Balaban J connectivity index is 2.36. The number of nitrogen functional groups attached to an aromatic ring is 1. The van der Waals surface area contributed by atoms with Crippen LogP contribution >= 0.6 is 0 Å². The Morgan fingerprint density at radius 2 is 1.90 bits per heavy atom. The molecule has 0 spiro atoms. The van der Waals surface area contributed by atoms with Gasteiger partial charge >= 0.3 is 0 Å². The van der Waals surface area contributed by atoms with Crippen LogP contribution in [0.4, 0.5) is 10.2 Å². The van der Waals surface area contributed by atoms with Crippen LogP contribution in [0.15, 0.2) is 35.4 Å². The zero-order chi connectivity index (χ0) is 15.8. The third-order valence-electron chi connectivity index (χ3n) is 3.38. The normalized spacial score (nSPS) is 13.6. The Morgan fingerprint density at radius 1 is 1.33 bits per heavy atom. The first-order valence-corrected chi connectivity index (χ1v) is 7.70. The Kier molecular flexibility index (Phi) is 4.02. The van der Waals surface area contributed by atoms with E-state index in [2.05, 4.69) is 5.10 Å². The number of halogens is 1. The Labute approximate surface area is 123 Å². The number of nitrogens with two attached hydrogens (primary N) is 1. The molecule has 1 aromatic heterocycles. The summed E-state index contributed by atoms with van der Waals surface area (Å²) in [5, 5.41) is 3.84. The first-order chi connectivity index (χ1) is 9.73. The Bertz CT molecular complexity index is 740. The van der Waals surface area contributed by atoms with Crippen LogP contribution in [0.2, 0.25) is 0 Å². The van der Waals surface area contributed by atoms with Crippen LogP contribution in [0.25, 0.3) is 0 Å². The van der Waals surface area contributed by atoms with Gasteiger partial charge in [0.25, 0.3) is 0 Å². The van der Waals surface area contributed by atoms with Crippen molar-refractivity contribution in [2.24, 2.45) is 7.05 Å². The number of hydrogen-bond donors (Lipinski definition) is 1. The van der Waals surface area contributed by atoms with Gasteiger partial charge in [-0.05, 0) is 24.6 Å². The molecule has 1 heterocycles. The van der Waals surface area contributed by atoms with Crippen LogP contribution in [0.3, 0.4) is 0 Å². The fraction of sp³-hybridized carbons (Fsp3) is 0.308. The van der Waals surface area contributed by atoms with Gasteiger partial charge in [-0.15, -0.1) is 0 Å². The zero-order valence-electron chi connectivity index (χ0n) is 12.0. The maximum Gasteiger partial charge on any atom is 0.248 e. The Hall–Kier alpha value is -1.93. The monoisotopic (exact) mass is 312 g/mol. The van der Waals surface area contributed by atoms with E-state index in [4.69, 9.17) is 5.73 Å². The first-order valence-electron chi connectivity index (χ1n) is 6.26. The maximum absolute atomic E-state index is 12.9. The number of benzene rings is 1. The molecule has 1 aromatic carbocycles. The van der Waals surface area contributed by atoms with Crippen LogP contribution < -0.4 is 5.73 Å². The molecule has 2 rings (SSSR count). The fourth-order valence-electron chi connectivity index (χ4n) is 2.00. The molecule has 0 saturated heterocycles. The summed E-state index contributed by atoms with van der Waals surface area (Å²) >= 11 is 0. The third-order valence-corrected chi connectivity index (χ3v) is 5.32. The summed E-state index contributed by atoms with van der Waals surface area (Å²) in [5.41, 5.74) is 6.32. The van der Waals surface area contributed by atoms with E-state index in [1.54, 1.807) is 26.1 Å². The lowest BCUT2D eigenvalue weighted by Crippen LogP contribution is -2.30. The molecular weight excluding hydrogens is 295 g/mol. The van der Waals surface area contributed by atoms with E-state index in [0.717, 1.165) is 0 Å². The molecule has 0 bridgehead atoms. The van der Waals surface area contributed by atoms with Crippen molar-refractivity contribution in [2.45, 2.75) is 17.9 Å². The van der Waals surface area contributed by atoms with Crippen molar-refractivity contribution in [2.75, 3.05) is 12.8 Å². The van der Waals surface area contributed by atoms with Gasteiger partial charge in [-0.2, -0.15) is 9.40 Å². The highest BCUT2D eigenvalue weighted by Gasteiger charge is 2.29. The van der Waals surface area contributed by atoms with Crippen LogP contribution in [0.5, 0.6) is 0 Å². The predicted molar refractivity (Wildman–Crippen MR) is 77.4 cm³/mol. The molecule has 0 aliphatic rings. The molecule has 0 fully saturated rings. The van der Waals surface area contributed by atoms with E-state index in [1.165, 1.54) is 34.4 Å². The molecule has 21 heavy (non-hydrogen) atoms. The van der Waals surface area contributed by atoms with Crippen molar-refractivity contribution in [3.05, 3.63) is 41.8 Å². The van der Waals surface area contributed by atoms with Gasteiger partial charge in [0.15, 0.2) is 5.82 Å². The van der Waals surface area contributed by atoms with Gasteiger partial charge in [-0.1, -0.05) is 12.1 Å². The molecule has 6 nitrogen and oxygen atoms in total. The van der Waals surface area contributed by atoms with Gasteiger partial charge in [0.1, 0.15) is 10.7 Å². The number of aryl methyl sites for hydroxylation is 1. The highest BCUT2D eigenvalue weighted by atomic mass is 32.2. The molecule has 2 N–H and O–H groups in total. The van der Waals surface area contributed by atoms with Gasteiger partial charge in [0.2, 0.25) is 10.0 Å². The smallest absolute Gasteiger partial charge is 0.248 e. The van der Waals surface area contributed by atoms with E-state index in [-0.39, 0.29) is 16.5 Å². The summed E-state index contributed by atoms with van der Waals surface area (Å²) in [6.07, 6.45) is 1.36. The predicted octanol–water partition coefficient (Wildman–Crippen LogP) is 1.52. The number of aromatic nitrogens is 2. The van der Waals surface area contributed by atoms with Gasteiger partial charge < -0.3 is 5.73 Å². The molecule has 114 valence electrons. The minimum absolute atomic E-state index is 0.0403. The van der Waals surface area contributed by atoms with Crippen LogP contribution in [0, 0.1) is 5.82 Å². The summed E-state index contributed by atoms with van der Waals surface area (Å²) in [6, 6.07) is 5.24. The summed E-state index contributed by atoms with van der Waals surface area (Å²) in [6.45, 7) is 1.72. The number of rotatable bonds is 4. The average Bonchev–Trinajstić information content (AvgIpc) is 2.77. The second-order valence-electron chi connectivity index (χ2n) is 4.80. The summed E-state index contributed by atoms with van der Waals surface area (Å²) in [7, 11) is -0.725. The van der Waals surface area contributed by atoms with Gasteiger partial charge in [0.05, 0.1) is 0 Å². The topological polar surface area (TPSA) is 81.2 Å². The number of anilines is 1.